The van der Waals surface area contributed by atoms with Gasteiger partial charge >= 0.3 is 0 Å². The molecule has 2 saturated heterocycles. The molecule has 23 heavy (non-hydrogen) atoms. The maximum Gasteiger partial charge on any atom is 0.246 e. The van der Waals surface area contributed by atoms with Crippen molar-refractivity contribution in [1.82, 2.24) is 9.80 Å². The highest BCUT2D eigenvalue weighted by Gasteiger charge is 2.36. The minimum absolute atomic E-state index is 0.142. The lowest BCUT2D eigenvalue weighted by Gasteiger charge is -2.27. The molecule has 2 heterocycles. The molecule has 2 aliphatic heterocycles. The third kappa shape index (κ3) is 4.08. The number of carbonyl (C=O) groups excluding carboxylic acids is 2. The van der Waals surface area contributed by atoms with Crippen LogP contribution in [0.1, 0.15) is 31.2 Å². The highest BCUT2D eigenvalue weighted by Crippen LogP contribution is 2.24. The lowest BCUT2D eigenvalue weighted by atomic mass is 10.1. The predicted molar refractivity (Wildman–Crippen MR) is 93.2 cm³/mol. The van der Waals surface area contributed by atoms with Crippen molar-refractivity contribution in [1.29, 1.82) is 0 Å². The number of amides is 2. The Morgan fingerprint density at radius 3 is 2.74 bits per heavy atom. The van der Waals surface area contributed by atoms with E-state index in [1.807, 2.05) is 28.0 Å². The first-order chi connectivity index (χ1) is 11.3. The summed E-state index contributed by atoms with van der Waals surface area (Å²) in [4.78, 5) is 28.8. The number of carbonyl (C=O) groups is 2. The monoisotopic (exact) mass is 332 g/mol. The standard InChI is InChI=1S/C18H24N2O2S/c21-17(10-4-8-15-6-2-1-3-7-15)20-11-5-9-16(20)18(22)19-12-13-23-14-19/h1-3,6-7,16H,4-5,8-14H2/t16-/m0/s1. The van der Waals surface area contributed by atoms with Crippen molar-refractivity contribution in [2.45, 2.75) is 38.1 Å². The molecule has 0 aromatic heterocycles. The van der Waals surface area contributed by atoms with Gasteiger partial charge in [0, 0.05) is 25.3 Å². The topological polar surface area (TPSA) is 40.6 Å². The van der Waals surface area contributed by atoms with E-state index in [1.165, 1.54) is 5.56 Å². The Bertz CT molecular complexity index is 543. The van der Waals surface area contributed by atoms with Crippen LogP contribution in [0.3, 0.4) is 0 Å². The summed E-state index contributed by atoms with van der Waals surface area (Å²) in [5, 5.41) is 0. The number of thioether (sulfide) groups is 1. The third-order valence-corrected chi connectivity index (χ3v) is 5.59. The van der Waals surface area contributed by atoms with Gasteiger partial charge in [-0.2, -0.15) is 0 Å². The molecule has 1 atom stereocenters. The smallest absolute Gasteiger partial charge is 0.246 e. The van der Waals surface area contributed by atoms with Gasteiger partial charge in [0.15, 0.2) is 0 Å². The quantitative estimate of drug-likeness (QED) is 0.832. The maximum absolute atomic E-state index is 12.6. The van der Waals surface area contributed by atoms with Gasteiger partial charge in [0.25, 0.3) is 0 Å². The molecule has 0 spiro atoms. The second-order valence-corrected chi connectivity index (χ2v) is 7.30. The Morgan fingerprint density at radius 1 is 1.17 bits per heavy atom. The molecule has 1 aromatic carbocycles. The molecule has 3 rings (SSSR count). The fraction of sp³-hybridized carbons (Fsp3) is 0.556. The summed E-state index contributed by atoms with van der Waals surface area (Å²) in [5.74, 6) is 2.10. The fourth-order valence-corrected chi connectivity index (χ4v) is 4.31. The van der Waals surface area contributed by atoms with E-state index in [0.717, 1.165) is 50.4 Å². The van der Waals surface area contributed by atoms with Gasteiger partial charge in [-0.05, 0) is 31.2 Å². The lowest BCUT2D eigenvalue weighted by Crippen LogP contribution is -2.46. The second-order valence-electron chi connectivity index (χ2n) is 6.22. The number of benzene rings is 1. The van der Waals surface area contributed by atoms with Crippen LogP contribution in [-0.4, -0.2) is 52.4 Å². The zero-order chi connectivity index (χ0) is 16.1. The summed E-state index contributed by atoms with van der Waals surface area (Å²) in [5.41, 5.74) is 1.27. The number of likely N-dealkylation sites (tertiary alicyclic amines) is 1. The summed E-state index contributed by atoms with van der Waals surface area (Å²) < 4.78 is 0. The van der Waals surface area contributed by atoms with E-state index in [9.17, 15) is 9.59 Å². The Hall–Kier alpha value is -1.49. The van der Waals surface area contributed by atoms with Crippen LogP contribution in [0.4, 0.5) is 0 Å². The maximum atomic E-state index is 12.6. The minimum Gasteiger partial charge on any atom is -0.331 e. The molecular formula is C18H24N2O2S. The molecule has 1 aromatic rings. The van der Waals surface area contributed by atoms with E-state index in [-0.39, 0.29) is 17.9 Å². The summed E-state index contributed by atoms with van der Waals surface area (Å²) in [6, 6.07) is 10.0. The van der Waals surface area contributed by atoms with Crippen LogP contribution < -0.4 is 0 Å². The van der Waals surface area contributed by atoms with Crippen molar-refractivity contribution < 1.29 is 9.59 Å². The highest BCUT2D eigenvalue weighted by molar-refractivity contribution is 7.99. The fourth-order valence-electron chi connectivity index (χ4n) is 3.35. The van der Waals surface area contributed by atoms with Gasteiger partial charge in [0.05, 0.1) is 5.88 Å². The normalized spacial score (nSPS) is 21.0. The Labute approximate surface area is 142 Å². The first-order valence-corrected chi connectivity index (χ1v) is 9.61. The van der Waals surface area contributed by atoms with Gasteiger partial charge in [-0.25, -0.2) is 0 Å². The number of aryl methyl sites for hydroxylation is 1. The van der Waals surface area contributed by atoms with Crippen LogP contribution in [-0.2, 0) is 16.0 Å². The van der Waals surface area contributed by atoms with Crippen molar-refractivity contribution in [2.24, 2.45) is 0 Å². The van der Waals surface area contributed by atoms with Crippen LogP contribution >= 0.6 is 11.8 Å². The molecule has 4 nitrogen and oxygen atoms in total. The van der Waals surface area contributed by atoms with Crippen LogP contribution in [0.25, 0.3) is 0 Å². The van der Waals surface area contributed by atoms with Crippen molar-refractivity contribution in [2.75, 3.05) is 24.7 Å². The second kappa shape index (κ2) is 7.86. The molecule has 0 radical (unpaired) electrons. The van der Waals surface area contributed by atoms with Gasteiger partial charge in [-0.3, -0.25) is 9.59 Å². The van der Waals surface area contributed by atoms with Gasteiger partial charge in [0.1, 0.15) is 6.04 Å². The highest BCUT2D eigenvalue weighted by atomic mass is 32.2. The summed E-state index contributed by atoms with van der Waals surface area (Å²) in [6.45, 7) is 1.57. The van der Waals surface area contributed by atoms with E-state index in [4.69, 9.17) is 0 Å². The molecule has 2 fully saturated rings. The van der Waals surface area contributed by atoms with Crippen molar-refractivity contribution >= 4 is 23.6 Å². The molecule has 0 saturated carbocycles. The average molecular weight is 332 g/mol. The van der Waals surface area contributed by atoms with E-state index in [1.54, 1.807) is 11.8 Å². The number of nitrogens with zero attached hydrogens (tertiary/aromatic N) is 2. The van der Waals surface area contributed by atoms with Crippen LogP contribution in [0.2, 0.25) is 0 Å². The summed E-state index contributed by atoms with van der Waals surface area (Å²) in [7, 11) is 0. The van der Waals surface area contributed by atoms with Gasteiger partial charge in [0.2, 0.25) is 11.8 Å². The lowest BCUT2D eigenvalue weighted by molar-refractivity contribution is -0.143. The van der Waals surface area contributed by atoms with Crippen molar-refractivity contribution in [3.8, 4) is 0 Å². The van der Waals surface area contributed by atoms with E-state index < -0.39 is 0 Å². The Kier molecular flexibility index (Phi) is 5.60. The molecular weight excluding hydrogens is 308 g/mol. The zero-order valence-electron chi connectivity index (χ0n) is 13.4. The molecule has 0 aliphatic carbocycles. The van der Waals surface area contributed by atoms with Gasteiger partial charge in [-0.1, -0.05) is 30.3 Å². The van der Waals surface area contributed by atoms with E-state index in [0.29, 0.717) is 6.42 Å². The van der Waals surface area contributed by atoms with Gasteiger partial charge in [-0.15, -0.1) is 11.8 Å². The number of hydrogen-bond acceptors (Lipinski definition) is 3. The molecule has 0 bridgehead atoms. The number of rotatable bonds is 5. The molecule has 0 unspecified atom stereocenters. The van der Waals surface area contributed by atoms with Crippen molar-refractivity contribution in [3.05, 3.63) is 35.9 Å². The zero-order valence-corrected chi connectivity index (χ0v) is 14.3. The average Bonchev–Trinajstić information content (AvgIpc) is 3.27. The number of hydrogen-bond donors (Lipinski definition) is 0. The molecule has 124 valence electrons. The van der Waals surface area contributed by atoms with Crippen LogP contribution in [0.5, 0.6) is 0 Å². The van der Waals surface area contributed by atoms with Crippen molar-refractivity contribution in [3.63, 3.8) is 0 Å². The Morgan fingerprint density at radius 2 is 2.00 bits per heavy atom. The van der Waals surface area contributed by atoms with E-state index >= 15 is 0 Å². The molecule has 0 N–H and O–H groups in total. The van der Waals surface area contributed by atoms with E-state index in [2.05, 4.69) is 12.1 Å². The predicted octanol–water partition coefficient (Wildman–Crippen LogP) is 2.53. The SMILES string of the molecule is O=C([C@@H]1CCCN1C(=O)CCCc1ccccc1)N1CCSC1. The molecule has 2 aliphatic rings. The summed E-state index contributed by atoms with van der Waals surface area (Å²) >= 11 is 1.79. The summed E-state index contributed by atoms with van der Waals surface area (Å²) in [6.07, 6.45) is 4.07. The molecule has 5 heteroatoms. The molecule has 2 amide bonds. The first kappa shape index (κ1) is 16.4. The first-order valence-electron chi connectivity index (χ1n) is 8.45. The van der Waals surface area contributed by atoms with Gasteiger partial charge < -0.3 is 9.80 Å². The minimum atomic E-state index is -0.210. The largest absolute Gasteiger partial charge is 0.331 e. The third-order valence-electron chi connectivity index (χ3n) is 4.62. The van der Waals surface area contributed by atoms with Crippen LogP contribution in [0, 0.1) is 0 Å². The Balaban J connectivity index is 1.50. The van der Waals surface area contributed by atoms with Crippen LogP contribution in [0.15, 0.2) is 30.3 Å².